The van der Waals surface area contributed by atoms with Crippen molar-refractivity contribution in [1.29, 1.82) is 0 Å². The number of nitrogens with zero attached hydrogens (tertiary/aromatic N) is 7. The fraction of sp³-hybridized carbons (Fsp3) is 0.185. The maximum Gasteiger partial charge on any atom is 0.416 e. The van der Waals surface area contributed by atoms with Gasteiger partial charge in [0.2, 0.25) is 0 Å². The van der Waals surface area contributed by atoms with E-state index in [-0.39, 0.29) is 5.69 Å². The van der Waals surface area contributed by atoms with Gasteiger partial charge in [0, 0.05) is 61.6 Å². The van der Waals surface area contributed by atoms with Crippen LogP contribution in [0.5, 0.6) is 0 Å². The molecule has 0 spiro atoms. The first-order chi connectivity index (χ1) is 19.2. The van der Waals surface area contributed by atoms with E-state index >= 15 is 0 Å². The molecule has 1 amide bonds. The summed E-state index contributed by atoms with van der Waals surface area (Å²) >= 11 is 0. The predicted molar refractivity (Wildman–Crippen MR) is 141 cm³/mol. The highest BCUT2D eigenvalue weighted by Gasteiger charge is 2.31. The normalized spacial score (nSPS) is 13.4. The number of amides is 1. The van der Waals surface area contributed by atoms with Crippen molar-refractivity contribution in [2.24, 2.45) is 12.0 Å². The van der Waals surface area contributed by atoms with Gasteiger partial charge in [-0.05, 0) is 48.4 Å². The van der Waals surface area contributed by atoms with Gasteiger partial charge in [-0.3, -0.25) is 14.5 Å². The SMILES string of the molecule is Cc1ccc(NC(=O)c2cc(C(F)(F)F)ccn2)cc1-c1cc2cnc(=Nc3ccn(C)n3)nc-2n2c1NCC2. The Labute approximate surface area is 225 Å². The summed E-state index contributed by atoms with van der Waals surface area (Å²) in [5.41, 5.74) is 2.88. The summed E-state index contributed by atoms with van der Waals surface area (Å²) < 4.78 is 43.0. The number of halogens is 3. The Hall–Kier alpha value is -5.07. The van der Waals surface area contributed by atoms with E-state index in [1.54, 1.807) is 42.3 Å². The van der Waals surface area contributed by atoms with Crippen LogP contribution < -0.4 is 16.3 Å². The van der Waals surface area contributed by atoms with E-state index < -0.39 is 17.6 Å². The molecule has 13 heteroatoms. The highest BCUT2D eigenvalue weighted by Crippen LogP contribution is 2.39. The number of nitrogens with one attached hydrogen (secondary N) is 2. The summed E-state index contributed by atoms with van der Waals surface area (Å²) in [4.78, 5) is 30.1. The third-order valence-corrected chi connectivity index (χ3v) is 6.51. The van der Waals surface area contributed by atoms with Crippen molar-refractivity contribution in [2.75, 3.05) is 17.2 Å². The van der Waals surface area contributed by atoms with E-state index in [0.29, 0.717) is 36.0 Å². The molecule has 202 valence electrons. The number of anilines is 2. The molecule has 0 unspecified atom stereocenters. The van der Waals surface area contributed by atoms with Gasteiger partial charge in [0.05, 0.1) is 5.56 Å². The molecule has 1 aromatic carbocycles. The number of carbonyl (C=O) groups is 1. The molecule has 2 aromatic heterocycles. The lowest BCUT2D eigenvalue weighted by atomic mass is 9.98. The fourth-order valence-electron chi connectivity index (χ4n) is 4.60. The number of pyridine rings is 2. The summed E-state index contributed by atoms with van der Waals surface area (Å²) in [7, 11) is 1.81. The van der Waals surface area contributed by atoms with Gasteiger partial charge in [-0.1, -0.05) is 6.07 Å². The lowest BCUT2D eigenvalue weighted by Gasteiger charge is -2.19. The standard InChI is InChI=1S/C27H22F3N9O/c1-15-3-4-18(34-25(40)21-12-17(5-7-31-21)27(28,29)30)13-19(15)20-11-16-14-33-26(35-22-6-9-38(2)37-22)36-23(16)39-10-8-32-24(20)39/h3-7,9,11-14,32H,8,10H2,1-2H3,(H,34,40). The molecule has 3 aliphatic heterocycles. The molecular formula is C27H22F3N9O. The zero-order valence-electron chi connectivity index (χ0n) is 21.4. The molecular weight excluding hydrogens is 523 g/mol. The quantitative estimate of drug-likeness (QED) is 0.346. The van der Waals surface area contributed by atoms with E-state index in [1.165, 1.54) is 0 Å². The monoisotopic (exact) mass is 545 g/mol. The minimum Gasteiger partial charge on any atom is -0.369 e. The number of rotatable bonds is 4. The Bertz CT molecular complexity index is 1810. The molecule has 3 aliphatic rings. The van der Waals surface area contributed by atoms with Crippen LogP contribution in [0, 0.1) is 6.92 Å². The Morgan fingerprint density at radius 3 is 2.73 bits per heavy atom. The first-order valence-electron chi connectivity index (χ1n) is 12.3. The molecule has 0 fully saturated rings. The summed E-state index contributed by atoms with van der Waals surface area (Å²) in [5, 5.41) is 10.3. The number of carbonyl (C=O) groups excluding carboxylic acids is 1. The highest BCUT2D eigenvalue weighted by molar-refractivity contribution is 6.03. The molecule has 0 atom stereocenters. The van der Waals surface area contributed by atoms with Crippen molar-refractivity contribution in [3.05, 3.63) is 83.5 Å². The third-order valence-electron chi connectivity index (χ3n) is 6.51. The van der Waals surface area contributed by atoms with Gasteiger partial charge in [0.1, 0.15) is 17.3 Å². The maximum atomic E-state index is 13.1. The second kappa shape index (κ2) is 9.59. The number of hydrogen-bond donors (Lipinski definition) is 2. The van der Waals surface area contributed by atoms with Crippen molar-refractivity contribution in [1.82, 2.24) is 29.3 Å². The largest absolute Gasteiger partial charge is 0.416 e. The molecule has 0 bridgehead atoms. The zero-order chi connectivity index (χ0) is 28.0. The van der Waals surface area contributed by atoms with Crippen LogP contribution in [0.25, 0.3) is 22.5 Å². The van der Waals surface area contributed by atoms with Crippen LogP contribution in [0.15, 0.2) is 66.0 Å². The van der Waals surface area contributed by atoms with Crippen LogP contribution in [-0.4, -0.2) is 41.8 Å². The number of hydrogen-bond acceptors (Lipinski definition) is 7. The first kappa shape index (κ1) is 25.2. The molecule has 10 nitrogen and oxygen atoms in total. The van der Waals surface area contributed by atoms with Gasteiger partial charge in [-0.15, -0.1) is 0 Å². The van der Waals surface area contributed by atoms with Gasteiger partial charge >= 0.3 is 6.18 Å². The summed E-state index contributed by atoms with van der Waals surface area (Å²) in [6.45, 7) is 3.31. The van der Waals surface area contributed by atoms with Crippen molar-refractivity contribution in [3.63, 3.8) is 0 Å². The minimum absolute atomic E-state index is 0.296. The Kier molecular flexibility index (Phi) is 6.05. The topological polar surface area (TPSA) is 115 Å². The third kappa shape index (κ3) is 4.77. The van der Waals surface area contributed by atoms with Crippen molar-refractivity contribution in [3.8, 4) is 22.5 Å². The second-order valence-electron chi connectivity index (χ2n) is 9.30. The number of benzene rings is 1. The van der Waals surface area contributed by atoms with Crippen molar-refractivity contribution in [2.45, 2.75) is 19.6 Å². The lowest BCUT2D eigenvalue weighted by Crippen LogP contribution is -2.17. The predicted octanol–water partition coefficient (Wildman–Crippen LogP) is 4.42. The molecule has 40 heavy (non-hydrogen) atoms. The van der Waals surface area contributed by atoms with Crippen LogP contribution >= 0.6 is 0 Å². The van der Waals surface area contributed by atoms with E-state index in [2.05, 4.69) is 40.2 Å². The fourth-order valence-corrected chi connectivity index (χ4v) is 4.60. The molecule has 3 aromatic rings. The molecule has 2 N–H and O–H groups in total. The van der Waals surface area contributed by atoms with Crippen LogP contribution in [0.1, 0.15) is 21.6 Å². The van der Waals surface area contributed by atoms with Crippen LogP contribution in [0.4, 0.5) is 30.5 Å². The van der Waals surface area contributed by atoms with Gasteiger partial charge in [-0.2, -0.15) is 28.2 Å². The Balaban J connectivity index is 1.37. The Morgan fingerprint density at radius 1 is 1.10 bits per heavy atom. The van der Waals surface area contributed by atoms with Crippen molar-refractivity contribution < 1.29 is 18.0 Å². The highest BCUT2D eigenvalue weighted by atomic mass is 19.4. The minimum atomic E-state index is -4.58. The summed E-state index contributed by atoms with van der Waals surface area (Å²) in [5.74, 6) is 1.33. The average Bonchev–Trinajstić information content (AvgIpc) is 3.58. The van der Waals surface area contributed by atoms with Gasteiger partial charge < -0.3 is 15.2 Å². The van der Waals surface area contributed by atoms with Crippen molar-refractivity contribution >= 4 is 23.2 Å². The number of fused-ring (bicyclic) bond motifs is 3. The second-order valence-corrected chi connectivity index (χ2v) is 9.30. The average molecular weight is 546 g/mol. The first-order valence-corrected chi connectivity index (χ1v) is 12.3. The molecule has 0 aliphatic carbocycles. The molecule has 6 rings (SSSR count). The van der Waals surface area contributed by atoms with Crippen LogP contribution in [-0.2, 0) is 19.8 Å². The smallest absolute Gasteiger partial charge is 0.369 e. The summed E-state index contributed by atoms with van der Waals surface area (Å²) in [6.07, 6.45) is -0.110. The van der Waals surface area contributed by atoms with E-state index in [0.717, 1.165) is 46.4 Å². The molecule has 0 saturated heterocycles. The van der Waals surface area contributed by atoms with E-state index in [1.807, 2.05) is 19.1 Å². The molecule has 5 heterocycles. The van der Waals surface area contributed by atoms with Gasteiger partial charge in [-0.25, -0.2) is 4.98 Å². The van der Waals surface area contributed by atoms with Crippen LogP contribution in [0.2, 0.25) is 0 Å². The summed E-state index contributed by atoms with van der Waals surface area (Å²) in [6, 6.07) is 10.6. The molecule has 0 saturated carbocycles. The van der Waals surface area contributed by atoms with Crippen LogP contribution in [0.3, 0.4) is 0 Å². The van der Waals surface area contributed by atoms with E-state index in [4.69, 9.17) is 0 Å². The van der Waals surface area contributed by atoms with Gasteiger partial charge in [0.25, 0.3) is 11.5 Å². The number of alkyl halides is 3. The molecule has 0 radical (unpaired) electrons. The Morgan fingerprint density at radius 2 is 1.95 bits per heavy atom. The maximum absolute atomic E-state index is 13.1. The zero-order valence-corrected chi connectivity index (χ0v) is 21.4. The lowest BCUT2D eigenvalue weighted by molar-refractivity contribution is -0.137. The van der Waals surface area contributed by atoms with E-state index in [9.17, 15) is 18.0 Å². The van der Waals surface area contributed by atoms with Gasteiger partial charge in [0.15, 0.2) is 5.82 Å². The number of aryl methyl sites for hydroxylation is 2. The number of aromatic nitrogens is 6.